The summed E-state index contributed by atoms with van der Waals surface area (Å²) in [6.45, 7) is 3.58. The predicted molar refractivity (Wildman–Crippen MR) is 80.4 cm³/mol. The molecule has 2 rings (SSSR count). The van der Waals surface area contributed by atoms with E-state index in [0.717, 1.165) is 0 Å². The third-order valence-electron chi connectivity index (χ3n) is 4.11. The van der Waals surface area contributed by atoms with Crippen LogP contribution in [0.5, 0.6) is 0 Å². The second-order valence-electron chi connectivity index (χ2n) is 5.73. The van der Waals surface area contributed by atoms with Gasteiger partial charge in [0.05, 0.1) is 0 Å². The minimum atomic E-state index is -1.10. The van der Waals surface area contributed by atoms with Crippen LogP contribution in [0.15, 0.2) is 30.3 Å². The van der Waals surface area contributed by atoms with Gasteiger partial charge in [0.15, 0.2) is 0 Å². The minimum absolute atomic E-state index is 0.210. The second kappa shape index (κ2) is 6.17. The first-order valence-corrected chi connectivity index (χ1v) is 7.27. The van der Waals surface area contributed by atoms with Crippen molar-refractivity contribution in [3.05, 3.63) is 35.9 Å². The lowest BCUT2D eigenvalue weighted by atomic mass is 9.96. The minimum Gasteiger partial charge on any atom is -0.480 e. The lowest BCUT2D eigenvalue weighted by Gasteiger charge is -2.34. The average Bonchev–Trinajstić information content (AvgIpc) is 2.90. The lowest BCUT2D eigenvalue weighted by Crippen LogP contribution is -2.57. The SMILES string of the molecule is C[C@H](NC(=O)C1(C)CCCN1C(=O)c1ccccc1)C(=O)O. The summed E-state index contributed by atoms with van der Waals surface area (Å²) in [4.78, 5) is 37.5. The van der Waals surface area contributed by atoms with Gasteiger partial charge in [0, 0.05) is 12.1 Å². The van der Waals surface area contributed by atoms with E-state index in [9.17, 15) is 14.4 Å². The highest BCUT2D eigenvalue weighted by atomic mass is 16.4. The summed E-state index contributed by atoms with van der Waals surface area (Å²) in [5.74, 6) is -1.74. The summed E-state index contributed by atoms with van der Waals surface area (Å²) in [6.07, 6.45) is 1.23. The zero-order valence-electron chi connectivity index (χ0n) is 12.7. The molecule has 22 heavy (non-hydrogen) atoms. The summed E-state index contributed by atoms with van der Waals surface area (Å²) in [6, 6.07) is 7.79. The lowest BCUT2D eigenvalue weighted by molar-refractivity contribution is -0.143. The van der Waals surface area contributed by atoms with Gasteiger partial charge in [0.2, 0.25) is 5.91 Å². The van der Waals surface area contributed by atoms with Gasteiger partial charge < -0.3 is 15.3 Å². The number of nitrogens with zero attached hydrogens (tertiary/aromatic N) is 1. The molecule has 2 atom stereocenters. The molecule has 1 fully saturated rings. The molecule has 1 unspecified atom stereocenters. The van der Waals surface area contributed by atoms with Crippen LogP contribution in [-0.2, 0) is 9.59 Å². The Morgan fingerprint density at radius 3 is 2.50 bits per heavy atom. The number of aliphatic carboxylic acids is 1. The molecule has 6 heteroatoms. The van der Waals surface area contributed by atoms with Crippen molar-refractivity contribution in [3.63, 3.8) is 0 Å². The van der Waals surface area contributed by atoms with E-state index in [2.05, 4.69) is 5.32 Å². The van der Waals surface area contributed by atoms with Crippen molar-refractivity contribution in [1.29, 1.82) is 0 Å². The maximum Gasteiger partial charge on any atom is 0.325 e. The summed E-state index contributed by atoms with van der Waals surface area (Å²) >= 11 is 0. The highest BCUT2D eigenvalue weighted by molar-refractivity contribution is 6.00. The first-order chi connectivity index (χ1) is 10.4. The fraction of sp³-hybridized carbons (Fsp3) is 0.438. The Hall–Kier alpha value is -2.37. The zero-order valence-corrected chi connectivity index (χ0v) is 12.7. The molecule has 118 valence electrons. The maximum atomic E-state index is 12.6. The van der Waals surface area contributed by atoms with Crippen LogP contribution in [0.2, 0.25) is 0 Å². The smallest absolute Gasteiger partial charge is 0.325 e. The Balaban J connectivity index is 2.20. The molecule has 0 bridgehead atoms. The molecule has 0 radical (unpaired) electrons. The third-order valence-corrected chi connectivity index (χ3v) is 4.11. The number of hydrogen-bond donors (Lipinski definition) is 2. The number of carboxylic acid groups (broad SMARTS) is 1. The van der Waals surface area contributed by atoms with Crippen LogP contribution in [-0.4, -0.2) is 45.9 Å². The van der Waals surface area contributed by atoms with Crippen LogP contribution >= 0.6 is 0 Å². The number of rotatable bonds is 4. The fourth-order valence-corrected chi connectivity index (χ4v) is 2.68. The van der Waals surface area contributed by atoms with Crippen LogP contribution in [0.1, 0.15) is 37.0 Å². The third kappa shape index (κ3) is 2.95. The van der Waals surface area contributed by atoms with Crippen molar-refractivity contribution in [3.8, 4) is 0 Å². The standard InChI is InChI=1S/C16H20N2O4/c1-11(14(20)21)17-15(22)16(2)9-6-10-18(16)13(19)12-7-4-3-5-8-12/h3-5,7-8,11H,6,9-10H2,1-2H3,(H,17,22)(H,20,21)/t11-,16?/m0/s1. The van der Waals surface area contributed by atoms with Crippen LogP contribution in [0, 0.1) is 0 Å². The fourth-order valence-electron chi connectivity index (χ4n) is 2.68. The van der Waals surface area contributed by atoms with Gasteiger partial charge in [0.1, 0.15) is 11.6 Å². The van der Waals surface area contributed by atoms with Gasteiger partial charge in [-0.1, -0.05) is 18.2 Å². The molecule has 0 spiro atoms. The number of carbonyl (C=O) groups is 3. The number of benzene rings is 1. The van der Waals surface area contributed by atoms with E-state index in [1.807, 2.05) is 6.07 Å². The number of hydrogen-bond acceptors (Lipinski definition) is 3. The molecule has 1 aliphatic rings. The molecular weight excluding hydrogens is 284 g/mol. The average molecular weight is 304 g/mol. The summed E-state index contributed by atoms with van der Waals surface area (Å²) < 4.78 is 0. The number of carboxylic acids is 1. The highest BCUT2D eigenvalue weighted by Gasteiger charge is 2.46. The molecule has 1 aromatic rings. The van der Waals surface area contributed by atoms with Crippen molar-refractivity contribution in [2.75, 3.05) is 6.54 Å². The Kier molecular flexibility index (Phi) is 4.49. The quantitative estimate of drug-likeness (QED) is 0.877. The van der Waals surface area contributed by atoms with Crippen molar-refractivity contribution >= 4 is 17.8 Å². The molecule has 2 N–H and O–H groups in total. The molecule has 2 amide bonds. The first kappa shape index (κ1) is 16.0. The van der Waals surface area contributed by atoms with E-state index in [1.165, 1.54) is 11.8 Å². The van der Waals surface area contributed by atoms with Gasteiger partial charge in [-0.05, 0) is 38.8 Å². The van der Waals surface area contributed by atoms with Crippen molar-refractivity contribution in [1.82, 2.24) is 10.2 Å². The van der Waals surface area contributed by atoms with Crippen LogP contribution in [0.25, 0.3) is 0 Å². The summed E-state index contributed by atoms with van der Waals surface area (Å²) in [5.41, 5.74) is -0.494. The Morgan fingerprint density at radius 1 is 1.27 bits per heavy atom. The monoisotopic (exact) mass is 304 g/mol. The number of likely N-dealkylation sites (tertiary alicyclic amines) is 1. The number of nitrogens with one attached hydrogen (secondary N) is 1. The van der Waals surface area contributed by atoms with Gasteiger partial charge in [-0.25, -0.2) is 0 Å². The van der Waals surface area contributed by atoms with Crippen molar-refractivity contribution < 1.29 is 19.5 Å². The molecule has 1 heterocycles. The van der Waals surface area contributed by atoms with E-state index in [4.69, 9.17) is 5.11 Å². The largest absolute Gasteiger partial charge is 0.480 e. The Bertz CT molecular complexity index is 587. The van der Waals surface area contributed by atoms with Gasteiger partial charge in [0.25, 0.3) is 5.91 Å². The van der Waals surface area contributed by atoms with Crippen LogP contribution in [0.3, 0.4) is 0 Å². The molecule has 1 aromatic carbocycles. The summed E-state index contributed by atoms with van der Waals surface area (Å²) in [7, 11) is 0. The van der Waals surface area contributed by atoms with E-state index >= 15 is 0 Å². The van der Waals surface area contributed by atoms with Crippen LogP contribution in [0.4, 0.5) is 0 Å². The predicted octanol–water partition coefficient (Wildman–Crippen LogP) is 1.27. The second-order valence-corrected chi connectivity index (χ2v) is 5.73. The number of carbonyl (C=O) groups excluding carboxylic acids is 2. The normalized spacial score (nSPS) is 22.2. The maximum absolute atomic E-state index is 12.6. The van der Waals surface area contributed by atoms with Gasteiger partial charge in [-0.2, -0.15) is 0 Å². The van der Waals surface area contributed by atoms with E-state index < -0.39 is 23.5 Å². The highest BCUT2D eigenvalue weighted by Crippen LogP contribution is 2.31. The van der Waals surface area contributed by atoms with E-state index in [0.29, 0.717) is 24.9 Å². The molecular formula is C16H20N2O4. The molecule has 6 nitrogen and oxygen atoms in total. The van der Waals surface area contributed by atoms with Gasteiger partial charge in [-0.15, -0.1) is 0 Å². The molecule has 0 aliphatic carbocycles. The van der Waals surface area contributed by atoms with E-state index in [-0.39, 0.29) is 5.91 Å². The van der Waals surface area contributed by atoms with Gasteiger partial charge >= 0.3 is 5.97 Å². The van der Waals surface area contributed by atoms with Crippen molar-refractivity contribution in [2.24, 2.45) is 0 Å². The van der Waals surface area contributed by atoms with Crippen LogP contribution < -0.4 is 5.32 Å². The topological polar surface area (TPSA) is 86.7 Å². The molecule has 1 aliphatic heterocycles. The Labute approximate surface area is 129 Å². The molecule has 0 saturated carbocycles. The van der Waals surface area contributed by atoms with Crippen molar-refractivity contribution in [2.45, 2.75) is 38.3 Å². The zero-order chi connectivity index (χ0) is 16.3. The number of amides is 2. The summed E-state index contributed by atoms with van der Waals surface area (Å²) in [5, 5.41) is 11.4. The molecule has 1 saturated heterocycles. The first-order valence-electron chi connectivity index (χ1n) is 7.27. The van der Waals surface area contributed by atoms with Gasteiger partial charge in [-0.3, -0.25) is 14.4 Å². The Morgan fingerprint density at radius 2 is 1.91 bits per heavy atom. The molecule has 0 aromatic heterocycles. The van der Waals surface area contributed by atoms with E-state index in [1.54, 1.807) is 31.2 Å².